The molecular formula is C13H16BrNO3S. The Morgan fingerprint density at radius 1 is 1.32 bits per heavy atom. The number of anilines is 1. The molecule has 1 saturated heterocycles. The summed E-state index contributed by atoms with van der Waals surface area (Å²) in [7, 11) is -3.03. The van der Waals surface area contributed by atoms with Gasteiger partial charge in [-0.3, -0.25) is 4.79 Å². The summed E-state index contributed by atoms with van der Waals surface area (Å²) in [4.78, 5) is 12.1. The number of rotatable bonds is 2. The van der Waals surface area contributed by atoms with Crippen LogP contribution in [0, 0.1) is 19.8 Å². The molecule has 0 aliphatic carbocycles. The number of nitrogens with one attached hydrogen (secondary N) is 1. The number of aryl methyl sites for hydroxylation is 2. The standard InChI is InChI=1S/C13H16BrNO3S/c1-8-5-11(14)6-9(2)12(8)15-13(16)10-3-4-19(17,18)7-10/h5-6,10H,3-4,7H2,1-2H3,(H,15,16). The van der Waals surface area contributed by atoms with Crippen molar-refractivity contribution >= 4 is 37.4 Å². The lowest BCUT2D eigenvalue weighted by Crippen LogP contribution is -2.24. The molecular weight excluding hydrogens is 330 g/mol. The summed E-state index contributed by atoms with van der Waals surface area (Å²) >= 11 is 3.40. The summed E-state index contributed by atoms with van der Waals surface area (Å²) in [6, 6.07) is 3.85. The van der Waals surface area contributed by atoms with E-state index in [9.17, 15) is 13.2 Å². The van der Waals surface area contributed by atoms with Crippen LogP contribution in [0.3, 0.4) is 0 Å². The fourth-order valence-corrected chi connectivity index (χ4v) is 4.76. The second-order valence-electron chi connectivity index (χ2n) is 5.00. The van der Waals surface area contributed by atoms with Crippen molar-refractivity contribution in [3.63, 3.8) is 0 Å². The van der Waals surface area contributed by atoms with Crippen LogP contribution >= 0.6 is 15.9 Å². The minimum absolute atomic E-state index is 0.0343. The minimum atomic E-state index is -3.03. The van der Waals surface area contributed by atoms with Crippen molar-refractivity contribution in [2.75, 3.05) is 16.8 Å². The van der Waals surface area contributed by atoms with Crippen LogP contribution in [-0.4, -0.2) is 25.8 Å². The van der Waals surface area contributed by atoms with E-state index in [0.717, 1.165) is 21.3 Å². The number of benzene rings is 1. The van der Waals surface area contributed by atoms with E-state index in [1.54, 1.807) is 0 Å². The SMILES string of the molecule is Cc1cc(Br)cc(C)c1NC(=O)C1CCS(=O)(=O)C1. The first-order valence-electron chi connectivity index (χ1n) is 6.06. The number of amides is 1. The predicted molar refractivity (Wildman–Crippen MR) is 79.0 cm³/mol. The van der Waals surface area contributed by atoms with Crippen LogP contribution in [0.4, 0.5) is 5.69 Å². The highest BCUT2D eigenvalue weighted by Crippen LogP contribution is 2.27. The molecule has 1 heterocycles. The van der Waals surface area contributed by atoms with Gasteiger partial charge in [0, 0.05) is 10.2 Å². The first-order valence-corrected chi connectivity index (χ1v) is 8.68. The zero-order valence-electron chi connectivity index (χ0n) is 10.9. The first kappa shape index (κ1) is 14.5. The summed E-state index contributed by atoms with van der Waals surface area (Å²) in [5.74, 6) is -0.543. The van der Waals surface area contributed by atoms with Crippen molar-refractivity contribution < 1.29 is 13.2 Å². The lowest BCUT2D eigenvalue weighted by molar-refractivity contribution is -0.119. The van der Waals surface area contributed by atoms with Crippen LogP contribution in [0.1, 0.15) is 17.5 Å². The van der Waals surface area contributed by atoms with Crippen LogP contribution in [0.5, 0.6) is 0 Å². The van der Waals surface area contributed by atoms with E-state index in [1.165, 1.54) is 0 Å². The van der Waals surface area contributed by atoms with Gasteiger partial charge < -0.3 is 5.32 Å². The maximum atomic E-state index is 12.1. The van der Waals surface area contributed by atoms with Crippen molar-refractivity contribution in [3.05, 3.63) is 27.7 Å². The maximum absolute atomic E-state index is 12.1. The predicted octanol–water partition coefficient (Wildman–Crippen LogP) is 2.44. The third kappa shape index (κ3) is 3.36. The molecule has 0 saturated carbocycles. The van der Waals surface area contributed by atoms with Crippen LogP contribution in [0.2, 0.25) is 0 Å². The average molecular weight is 346 g/mol. The highest BCUT2D eigenvalue weighted by Gasteiger charge is 2.33. The molecule has 1 aliphatic rings. The lowest BCUT2D eigenvalue weighted by atomic mass is 10.1. The smallest absolute Gasteiger partial charge is 0.228 e. The average Bonchev–Trinajstić information content (AvgIpc) is 2.64. The Morgan fingerprint density at radius 2 is 1.89 bits per heavy atom. The number of halogens is 1. The van der Waals surface area contributed by atoms with Crippen LogP contribution in [0.15, 0.2) is 16.6 Å². The molecule has 1 aromatic rings. The van der Waals surface area contributed by atoms with Gasteiger partial charge in [-0.25, -0.2) is 8.42 Å². The number of carbonyl (C=O) groups excluding carboxylic acids is 1. The first-order chi connectivity index (χ1) is 8.78. The molecule has 1 unspecified atom stereocenters. The largest absolute Gasteiger partial charge is 0.325 e. The van der Waals surface area contributed by atoms with Gasteiger partial charge >= 0.3 is 0 Å². The van der Waals surface area contributed by atoms with Crippen molar-refractivity contribution in [3.8, 4) is 0 Å². The van der Waals surface area contributed by atoms with Gasteiger partial charge in [-0.15, -0.1) is 0 Å². The lowest BCUT2D eigenvalue weighted by Gasteiger charge is -2.14. The Bertz CT molecular complexity index is 602. The van der Waals surface area contributed by atoms with E-state index in [1.807, 2.05) is 26.0 Å². The van der Waals surface area contributed by atoms with Crippen molar-refractivity contribution in [2.24, 2.45) is 5.92 Å². The fraction of sp³-hybridized carbons (Fsp3) is 0.462. The van der Waals surface area contributed by atoms with Crippen LogP contribution in [0.25, 0.3) is 0 Å². The molecule has 104 valence electrons. The van der Waals surface area contributed by atoms with Gasteiger partial charge in [0.15, 0.2) is 9.84 Å². The number of hydrogen-bond donors (Lipinski definition) is 1. The Kier molecular flexibility index (Phi) is 4.01. The molecule has 1 aromatic carbocycles. The summed E-state index contributed by atoms with van der Waals surface area (Å²) < 4.78 is 23.7. The summed E-state index contributed by atoms with van der Waals surface area (Å²) in [5, 5.41) is 2.86. The third-order valence-electron chi connectivity index (χ3n) is 3.35. The molecule has 0 aromatic heterocycles. The molecule has 0 radical (unpaired) electrons. The molecule has 0 spiro atoms. The summed E-state index contributed by atoms with van der Waals surface area (Å²) in [5.41, 5.74) is 2.69. The van der Waals surface area contributed by atoms with Crippen molar-refractivity contribution in [1.82, 2.24) is 0 Å². The van der Waals surface area contributed by atoms with Gasteiger partial charge in [0.1, 0.15) is 0 Å². The Labute approximate surface area is 121 Å². The van der Waals surface area contributed by atoms with Gasteiger partial charge in [0.05, 0.1) is 17.4 Å². The Morgan fingerprint density at radius 3 is 2.37 bits per heavy atom. The second kappa shape index (κ2) is 5.25. The van der Waals surface area contributed by atoms with Gasteiger partial charge in [-0.1, -0.05) is 15.9 Å². The normalized spacial score (nSPS) is 21.3. The molecule has 1 amide bonds. The molecule has 1 atom stereocenters. The van der Waals surface area contributed by atoms with E-state index in [0.29, 0.717) is 6.42 Å². The van der Waals surface area contributed by atoms with Gasteiger partial charge in [0.2, 0.25) is 5.91 Å². The number of carbonyl (C=O) groups is 1. The second-order valence-corrected chi connectivity index (χ2v) is 8.15. The Hall–Kier alpha value is -0.880. The molecule has 0 bridgehead atoms. The van der Waals surface area contributed by atoms with Gasteiger partial charge in [-0.2, -0.15) is 0 Å². The monoisotopic (exact) mass is 345 g/mol. The molecule has 6 heteroatoms. The summed E-state index contributed by atoms with van der Waals surface area (Å²) in [6.07, 6.45) is 0.419. The number of hydrogen-bond acceptors (Lipinski definition) is 3. The van der Waals surface area contributed by atoms with Gasteiger partial charge in [0.25, 0.3) is 0 Å². The van der Waals surface area contributed by atoms with Crippen molar-refractivity contribution in [1.29, 1.82) is 0 Å². The van der Waals surface area contributed by atoms with Crippen LogP contribution < -0.4 is 5.32 Å². The molecule has 2 rings (SSSR count). The highest BCUT2D eigenvalue weighted by molar-refractivity contribution is 9.10. The van der Waals surface area contributed by atoms with Crippen LogP contribution in [-0.2, 0) is 14.6 Å². The van der Waals surface area contributed by atoms with E-state index in [4.69, 9.17) is 0 Å². The topological polar surface area (TPSA) is 63.2 Å². The maximum Gasteiger partial charge on any atom is 0.228 e. The minimum Gasteiger partial charge on any atom is -0.325 e. The Balaban J connectivity index is 2.16. The van der Waals surface area contributed by atoms with Crippen molar-refractivity contribution in [2.45, 2.75) is 20.3 Å². The van der Waals surface area contributed by atoms with Gasteiger partial charge in [-0.05, 0) is 43.5 Å². The zero-order valence-corrected chi connectivity index (χ0v) is 13.3. The summed E-state index contributed by atoms with van der Waals surface area (Å²) in [6.45, 7) is 3.83. The zero-order chi connectivity index (χ0) is 14.2. The molecule has 1 fully saturated rings. The molecule has 4 nitrogen and oxygen atoms in total. The molecule has 1 aliphatic heterocycles. The van der Waals surface area contributed by atoms with E-state index >= 15 is 0 Å². The van der Waals surface area contributed by atoms with E-state index < -0.39 is 15.8 Å². The number of sulfone groups is 1. The molecule has 1 N–H and O–H groups in total. The van der Waals surface area contributed by atoms with E-state index in [2.05, 4.69) is 21.2 Å². The molecule has 19 heavy (non-hydrogen) atoms. The fourth-order valence-electron chi connectivity index (χ4n) is 2.33. The third-order valence-corrected chi connectivity index (χ3v) is 5.57. The quantitative estimate of drug-likeness (QED) is 0.895. The van der Waals surface area contributed by atoms with E-state index in [-0.39, 0.29) is 17.4 Å². The highest BCUT2D eigenvalue weighted by atomic mass is 79.9.